The highest BCUT2D eigenvalue weighted by atomic mass is 32.1. The molecule has 0 amide bonds. The molecular weight excluding hydrogens is 294 g/mol. The lowest BCUT2D eigenvalue weighted by atomic mass is 9.90. The molecule has 0 N–H and O–H groups in total. The summed E-state index contributed by atoms with van der Waals surface area (Å²) in [5.41, 5.74) is 2.04. The van der Waals surface area contributed by atoms with E-state index in [4.69, 9.17) is 4.74 Å². The predicted octanol–water partition coefficient (Wildman–Crippen LogP) is 2.39. The molecule has 0 radical (unpaired) electrons. The van der Waals surface area contributed by atoms with E-state index in [1.807, 2.05) is 30.3 Å². The fourth-order valence-corrected chi connectivity index (χ4v) is 3.93. The second kappa shape index (κ2) is 6.07. The van der Waals surface area contributed by atoms with E-state index in [1.165, 1.54) is 31.2 Å². The van der Waals surface area contributed by atoms with Crippen LogP contribution in [0.3, 0.4) is 0 Å². The lowest BCUT2D eigenvalue weighted by Crippen LogP contribution is -2.22. The predicted molar refractivity (Wildman–Crippen MR) is 86.0 cm³/mol. The van der Waals surface area contributed by atoms with Gasteiger partial charge in [0.05, 0.1) is 11.7 Å². The molecule has 4 rings (SSSR count). The van der Waals surface area contributed by atoms with Crippen LogP contribution in [0.2, 0.25) is 0 Å². The smallest absolute Gasteiger partial charge is 0.250 e. The van der Waals surface area contributed by atoms with Crippen LogP contribution in [-0.2, 0) is 0 Å². The second-order valence-electron chi connectivity index (χ2n) is 5.83. The van der Waals surface area contributed by atoms with Crippen molar-refractivity contribution >= 4 is 11.7 Å². The van der Waals surface area contributed by atoms with E-state index >= 15 is 0 Å². The molecule has 0 aliphatic carbocycles. The lowest BCUT2D eigenvalue weighted by molar-refractivity contribution is 0.323. The van der Waals surface area contributed by atoms with Crippen molar-refractivity contribution in [3.05, 3.63) is 41.6 Å². The first-order chi connectivity index (χ1) is 10.9. The monoisotopic (exact) mass is 311 g/mol. The largest absolute Gasteiger partial charge is 0.463 e. The zero-order chi connectivity index (χ0) is 14.8. The molecule has 22 heavy (non-hydrogen) atoms. The van der Waals surface area contributed by atoms with Gasteiger partial charge in [-0.3, -0.25) is 0 Å². The third kappa shape index (κ3) is 2.72. The molecule has 1 aromatic heterocycles. The summed E-state index contributed by atoms with van der Waals surface area (Å²) < 4.78 is 14.6. The van der Waals surface area contributed by atoms with E-state index in [9.17, 15) is 0 Å². The van der Waals surface area contributed by atoms with Crippen LogP contribution < -0.4 is 4.74 Å². The van der Waals surface area contributed by atoms with Crippen LogP contribution in [0.25, 0.3) is 0 Å². The molecule has 112 valence electrons. The van der Waals surface area contributed by atoms with E-state index in [2.05, 4.69) is 25.5 Å². The van der Waals surface area contributed by atoms with Crippen molar-refractivity contribution in [1.29, 1.82) is 0 Å². The molecule has 4 nitrogen and oxygen atoms in total. The summed E-state index contributed by atoms with van der Waals surface area (Å²) in [6.07, 6.45) is 1.27. The van der Waals surface area contributed by atoms with Crippen molar-refractivity contribution in [2.24, 2.45) is 5.92 Å². The molecule has 2 saturated heterocycles. The molecule has 5 heteroatoms. The van der Waals surface area contributed by atoms with Gasteiger partial charge in [-0.05, 0) is 31.0 Å². The van der Waals surface area contributed by atoms with Gasteiger partial charge in [0.2, 0.25) is 5.88 Å². The Bertz CT molecular complexity index is 703. The zero-order valence-electron chi connectivity index (χ0n) is 12.2. The van der Waals surface area contributed by atoms with Crippen LogP contribution in [0.1, 0.15) is 23.6 Å². The van der Waals surface area contributed by atoms with Crippen molar-refractivity contribution in [2.45, 2.75) is 12.3 Å². The van der Waals surface area contributed by atoms with Crippen LogP contribution in [0.5, 0.6) is 5.88 Å². The Kier molecular flexibility index (Phi) is 3.79. The summed E-state index contributed by atoms with van der Waals surface area (Å²) in [7, 11) is 0. The van der Waals surface area contributed by atoms with Gasteiger partial charge in [-0.15, -0.1) is 4.37 Å². The first-order valence-corrected chi connectivity index (χ1v) is 8.35. The van der Waals surface area contributed by atoms with Crippen molar-refractivity contribution < 1.29 is 4.74 Å². The number of aromatic nitrogens is 2. The molecule has 1 aromatic carbocycles. The number of hydrogen-bond acceptors (Lipinski definition) is 5. The number of piperidine rings is 1. The van der Waals surface area contributed by atoms with Gasteiger partial charge in [0.25, 0.3) is 0 Å². The van der Waals surface area contributed by atoms with Gasteiger partial charge in [0.1, 0.15) is 5.69 Å². The molecule has 1 unspecified atom stereocenters. The molecule has 2 aliphatic rings. The van der Waals surface area contributed by atoms with Gasteiger partial charge >= 0.3 is 0 Å². The van der Waals surface area contributed by atoms with Gasteiger partial charge in [-0.1, -0.05) is 30.0 Å². The number of ether oxygens (including phenoxy) is 1. The maximum atomic E-state index is 5.76. The Morgan fingerprint density at radius 2 is 2.14 bits per heavy atom. The number of hydrogen-bond donors (Lipinski definition) is 0. The Morgan fingerprint density at radius 1 is 1.23 bits per heavy atom. The summed E-state index contributed by atoms with van der Waals surface area (Å²) in [6, 6.07) is 9.94. The number of benzene rings is 1. The Balaban J connectivity index is 1.40. The van der Waals surface area contributed by atoms with Crippen LogP contribution >= 0.6 is 11.7 Å². The van der Waals surface area contributed by atoms with Gasteiger partial charge in [-0.2, -0.15) is 4.37 Å². The van der Waals surface area contributed by atoms with Crippen molar-refractivity contribution in [2.75, 3.05) is 26.2 Å². The van der Waals surface area contributed by atoms with E-state index in [0.29, 0.717) is 18.4 Å². The van der Waals surface area contributed by atoms with Gasteiger partial charge in [0.15, 0.2) is 6.61 Å². The third-order valence-corrected chi connectivity index (χ3v) is 4.98. The van der Waals surface area contributed by atoms with Crippen LogP contribution in [0.15, 0.2) is 30.3 Å². The lowest BCUT2D eigenvalue weighted by Gasteiger charge is -2.20. The van der Waals surface area contributed by atoms with Gasteiger partial charge < -0.3 is 9.64 Å². The van der Waals surface area contributed by atoms with Crippen LogP contribution in [0.4, 0.5) is 0 Å². The molecule has 2 aliphatic heterocycles. The summed E-state index contributed by atoms with van der Waals surface area (Å²) in [5.74, 6) is 8.04. The van der Waals surface area contributed by atoms with E-state index in [-0.39, 0.29) is 0 Å². The average molecular weight is 311 g/mol. The summed E-state index contributed by atoms with van der Waals surface area (Å²) >= 11 is 1.24. The fraction of sp³-hybridized carbons (Fsp3) is 0.412. The first-order valence-electron chi connectivity index (χ1n) is 7.61. The quantitative estimate of drug-likeness (QED) is 0.816. The summed E-state index contributed by atoms with van der Waals surface area (Å²) in [6.45, 7) is 3.89. The fourth-order valence-electron chi connectivity index (χ4n) is 3.37. The van der Waals surface area contributed by atoms with Gasteiger partial charge in [-0.25, -0.2) is 0 Å². The highest BCUT2D eigenvalue weighted by Crippen LogP contribution is 2.41. The van der Waals surface area contributed by atoms with Crippen molar-refractivity contribution in [3.8, 4) is 17.7 Å². The highest BCUT2D eigenvalue weighted by Gasteiger charge is 2.41. The minimum atomic E-state index is 0.356. The topological polar surface area (TPSA) is 38.3 Å². The molecule has 0 saturated carbocycles. The minimum Gasteiger partial charge on any atom is -0.463 e. The average Bonchev–Trinajstić information content (AvgIpc) is 3.28. The Morgan fingerprint density at radius 3 is 2.91 bits per heavy atom. The Hall–Kier alpha value is -1.90. The molecule has 2 fully saturated rings. The maximum absolute atomic E-state index is 5.76. The summed E-state index contributed by atoms with van der Waals surface area (Å²) in [4.78, 5) is 2.51. The zero-order valence-corrected chi connectivity index (χ0v) is 13.1. The molecule has 2 bridgehead atoms. The number of fused-ring (bicyclic) bond motifs is 2. The van der Waals surface area contributed by atoms with Crippen molar-refractivity contribution in [1.82, 2.24) is 13.6 Å². The van der Waals surface area contributed by atoms with E-state index in [0.717, 1.165) is 23.7 Å². The molecular formula is C17H17N3OS. The van der Waals surface area contributed by atoms with E-state index in [1.54, 1.807) is 0 Å². The normalized spacial score (nSPS) is 25.7. The number of nitrogens with zero attached hydrogens (tertiary/aromatic N) is 3. The highest BCUT2D eigenvalue weighted by molar-refractivity contribution is 6.99. The summed E-state index contributed by atoms with van der Waals surface area (Å²) in [5, 5.41) is 0. The molecule has 3 heterocycles. The van der Waals surface area contributed by atoms with Crippen molar-refractivity contribution in [3.63, 3.8) is 0 Å². The van der Waals surface area contributed by atoms with E-state index < -0.39 is 0 Å². The molecule has 3 atom stereocenters. The number of rotatable bonds is 3. The molecule has 0 spiro atoms. The molecule has 2 aromatic rings. The van der Waals surface area contributed by atoms with Crippen LogP contribution in [-0.4, -0.2) is 39.9 Å². The SMILES string of the molecule is C(#Cc1ccccc1)COc1nsnc1[C@@H]1CN2CC[C@H]1C2. The van der Waals surface area contributed by atoms with Crippen LogP contribution in [0, 0.1) is 17.8 Å². The minimum absolute atomic E-state index is 0.356. The maximum Gasteiger partial charge on any atom is 0.250 e. The van der Waals surface area contributed by atoms with Gasteiger partial charge in [0, 0.05) is 24.6 Å². The third-order valence-electron chi connectivity index (χ3n) is 4.45. The standard InChI is InChI=1S/C17H17N3OS/c1-2-5-13(6-3-1)7-4-10-21-17-16(18-22-19-17)15-12-20-9-8-14(15)11-20/h1-3,5-6,14-15H,8-12H2/t14-,15+/m0/s1. The second-order valence-corrected chi connectivity index (χ2v) is 6.35. The Labute approximate surface area is 134 Å². The first kappa shape index (κ1) is 13.7.